The molecule has 2 aliphatic rings. The molecule has 1 amide bonds. The van der Waals surface area contributed by atoms with E-state index in [4.69, 9.17) is 0 Å². The van der Waals surface area contributed by atoms with E-state index in [-0.39, 0.29) is 27.7 Å². The molecule has 0 saturated carbocycles. The fourth-order valence-corrected chi connectivity index (χ4v) is 5.63. The zero-order valence-corrected chi connectivity index (χ0v) is 19.8. The normalized spacial score (nSPS) is 20.6. The summed E-state index contributed by atoms with van der Waals surface area (Å²) in [6.07, 6.45) is -1.25. The van der Waals surface area contributed by atoms with Crippen molar-refractivity contribution in [2.45, 2.75) is 48.8 Å². The average Bonchev–Trinajstić information content (AvgIpc) is 3.27. The summed E-state index contributed by atoms with van der Waals surface area (Å²) in [6, 6.07) is 2.80. The lowest BCUT2D eigenvalue weighted by Gasteiger charge is -2.42. The second kappa shape index (κ2) is 9.29. The highest BCUT2D eigenvalue weighted by molar-refractivity contribution is 7.90. The lowest BCUT2D eigenvalue weighted by molar-refractivity contribution is -0.144. The monoisotopic (exact) mass is 521 g/mol. The number of piperidine rings is 2. The van der Waals surface area contributed by atoms with E-state index in [1.807, 2.05) is 0 Å². The van der Waals surface area contributed by atoms with Crippen LogP contribution in [0.4, 0.5) is 28.4 Å². The largest absolute Gasteiger partial charge is 0.452 e. The van der Waals surface area contributed by atoms with E-state index in [9.17, 15) is 30.8 Å². The maximum Gasteiger partial charge on any atom is 0.452 e. The van der Waals surface area contributed by atoms with Crippen LogP contribution in [0.2, 0.25) is 0 Å². The zero-order chi connectivity index (χ0) is 24.7. The number of nitrogens with zero attached hydrogens (tertiary/aromatic N) is 4. The molecule has 0 radical (unpaired) electrons. The number of sulfone groups is 1. The van der Waals surface area contributed by atoms with Crippen LogP contribution in [0.5, 0.6) is 0 Å². The minimum atomic E-state index is -4.58. The van der Waals surface area contributed by atoms with Crippen LogP contribution < -0.4 is 10.2 Å². The highest BCUT2D eigenvalue weighted by Crippen LogP contribution is 2.32. The van der Waals surface area contributed by atoms with Crippen molar-refractivity contribution in [1.82, 2.24) is 14.3 Å². The number of amides is 1. The highest BCUT2D eigenvalue weighted by Gasteiger charge is 2.38. The van der Waals surface area contributed by atoms with E-state index in [1.54, 1.807) is 9.80 Å². The van der Waals surface area contributed by atoms with Crippen molar-refractivity contribution >= 4 is 38.1 Å². The van der Waals surface area contributed by atoms with Crippen LogP contribution in [0.3, 0.4) is 0 Å². The molecule has 0 spiro atoms. The molecule has 2 fully saturated rings. The van der Waals surface area contributed by atoms with Crippen LogP contribution in [-0.4, -0.2) is 66.6 Å². The number of rotatable bonds is 5. The molecule has 34 heavy (non-hydrogen) atoms. The summed E-state index contributed by atoms with van der Waals surface area (Å²) in [5, 5.41) is 3.11. The molecular weight excluding hydrogens is 498 g/mol. The molecule has 0 unspecified atom stereocenters. The first-order valence-electron chi connectivity index (χ1n) is 10.7. The second-order valence-electron chi connectivity index (χ2n) is 8.40. The molecule has 8 nitrogen and oxygen atoms in total. The lowest BCUT2D eigenvalue weighted by Crippen LogP contribution is -2.54. The smallest absolute Gasteiger partial charge is 0.371 e. The van der Waals surface area contributed by atoms with Crippen molar-refractivity contribution in [3.8, 4) is 0 Å². The Kier molecular flexibility index (Phi) is 6.73. The van der Waals surface area contributed by atoms with Gasteiger partial charge in [0.05, 0.1) is 10.6 Å². The van der Waals surface area contributed by atoms with Crippen molar-refractivity contribution in [3.05, 3.63) is 29.8 Å². The van der Waals surface area contributed by atoms with Crippen LogP contribution in [0.15, 0.2) is 23.1 Å². The van der Waals surface area contributed by atoms with Gasteiger partial charge in [-0.05, 0) is 43.9 Å². The van der Waals surface area contributed by atoms with Crippen LogP contribution in [0, 0.1) is 5.82 Å². The lowest BCUT2D eigenvalue weighted by atomic mass is 9.97. The summed E-state index contributed by atoms with van der Waals surface area (Å²) >= 11 is 0.707. The number of hydrogen-bond donors (Lipinski definition) is 1. The van der Waals surface area contributed by atoms with E-state index in [0.717, 1.165) is 12.3 Å². The van der Waals surface area contributed by atoms with Gasteiger partial charge in [0, 0.05) is 43.5 Å². The van der Waals surface area contributed by atoms with Gasteiger partial charge in [0.25, 0.3) is 0 Å². The predicted molar refractivity (Wildman–Crippen MR) is 118 cm³/mol. The Morgan fingerprint density at radius 3 is 2.44 bits per heavy atom. The number of nitrogens with one attached hydrogen (secondary N) is 1. The van der Waals surface area contributed by atoms with Crippen LogP contribution in [0.1, 0.15) is 31.5 Å². The van der Waals surface area contributed by atoms with Gasteiger partial charge in [0.15, 0.2) is 9.84 Å². The summed E-state index contributed by atoms with van der Waals surface area (Å²) in [5.41, 5.74) is 0.0548. The number of carbonyl (C=O) groups excluding carboxylic acids is 1. The van der Waals surface area contributed by atoms with Gasteiger partial charge in [-0.1, -0.05) is 0 Å². The van der Waals surface area contributed by atoms with Gasteiger partial charge in [0.1, 0.15) is 11.9 Å². The Bertz CT molecular complexity index is 1160. The van der Waals surface area contributed by atoms with Gasteiger partial charge in [-0.25, -0.2) is 12.8 Å². The Morgan fingerprint density at radius 2 is 1.85 bits per heavy atom. The second-order valence-corrected chi connectivity index (χ2v) is 11.1. The summed E-state index contributed by atoms with van der Waals surface area (Å²) in [6.45, 7) is 1.44. The first-order valence-corrected chi connectivity index (χ1v) is 13.3. The quantitative estimate of drug-likeness (QED) is 0.604. The molecule has 2 aromatic rings. The standard InChI is InChI=1S/C20H23F4N5O3S2/c1-34(31,32)13-4-5-15(14(21)11-13)25-16-3-2-8-29(17(16)30)12-6-9-28(10-7-12)19-26-18(27-33-19)20(22,23)24/h4-5,11-12,16,25H,2-3,6-10H2,1H3/t16-/m0/s1. The third-order valence-corrected chi connectivity index (χ3v) is 7.90. The van der Waals surface area contributed by atoms with Gasteiger partial charge in [-0.2, -0.15) is 22.5 Å². The first kappa shape index (κ1) is 24.6. The molecule has 2 saturated heterocycles. The number of benzene rings is 1. The molecule has 2 aliphatic heterocycles. The van der Waals surface area contributed by atoms with Gasteiger partial charge in [-0.15, -0.1) is 0 Å². The predicted octanol–water partition coefficient (Wildman–Crippen LogP) is 3.17. The first-order chi connectivity index (χ1) is 15.9. The molecule has 1 N–H and O–H groups in total. The maximum absolute atomic E-state index is 14.5. The number of likely N-dealkylation sites (tertiary alicyclic amines) is 1. The van der Waals surface area contributed by atoms with E-state index in [0.29, 0.717) is 56.9 Å². The summed E-state index contributed by atoms with van der Waals surface area (Å²) in [7, 11) is -3.55. The molecular formula is C20H23F4N5O3S2. The van der Waals surface area contributed by atoms with Gasteiger partial charge in [-0.3, -0.25) is 4.79 Å². The molecule has 14 heteroatoms. The zero-order valence-electron chi connectivity index (χ0n) is 18.2. The van der Waals surface area contributed by atoms with E-state index in [2.05, 4.69) is 14.7 Å². The molecule has 4 rings (SSSR count). The average molecular weight is 522 g/mol. The van der Waals surface area contributed by atoms with Crippen molar-refractivity contribution in [2.75, 3.05) is 36.1 Å². The van der Waals surface area contributed by atoms with Crippen LogP contribution in [0.25, 0.3) is 0 Å². The molecule has 186 valence electrons. The summed E-state index contributed by atoms with van der Waals surface area (Å²) < 4.78 is 79.4. The third kappa shape index (κ3) is 5.27. The minimum absolute atomic E-state index is 0.0548. The van der Waals surface area contributed by atoms with Crippen molar-refractivity contribution in [2.24, 2.45) is 0 Å². The van der Waals surface area contributed by atoms with E-state index < -0.39 is 33.7 Å². The van der Waals surface area contributed by atoms with Gasteiger partial charge in [0.2, 0.25) is 16.9 Å². The molecule has 1 atom stereocenters. The number of alkyl halides is 3. The fraction of sp³-hybridized carbons (Fsp3) is 0.550. The number of aromatic nitrogens is 2. The Labute approximate surface area is 198 Å². The molecule has 0 bridgehead atoms. The SMILES string of the molecule is CS(=O)(=O)c1ccc(N[C@H]2CCCN(C3CCN(c4nc(C(F)(F)F)ns4)CC3)C2=O)c(F)c1. The molecule has 3 heterocycles. The van der Waals surface area contributed by atoms with Crippen LogP contribution in [-0.2, 0) is 20.8 Å². The third-order valence-electron chi connectivity index (χ3n) is 6.02. The van der Waals surface area contributed by atoms with Gasteiger partial charge < -0.3 is 15.1 Å². The van der Waals surface area contributed by atoms with E-state index >= 15 is 0 Å². The van der Waals surface area contributed by atoms with Crippen molar-refractivity contribution in [3.63, 3.8) is 0 Å². The Morgan fingerprint density at radius 1 is 1.15 bits per heavy atom. The number of carbonyl (C=O) groups is 1. The topological polar surface area (TPSA) is 95.5 Å². The Balaban J connectivity index is 1.38. The fourth-order valence-electron chi connectivity index (χ4n) is 4.26. The maximum atomic E-state index is 14.5. The summed E-state index contributed by atoms with van der Waals surface area (Å²) in [5.74, 6) is -2.07. The number of hydrogen-bond acceptors (Lipinski definition) is 8. The Hall–Kier alpha value is -2.48. The number of halogens is 4. The van der Waals surface area contributed by atoms with Crippen LogP contribution >= 0.6 is 11.5 Å². The molecule has 0 aliphatic carbocycles. The molecule has 1 aromatic carbocycles. The number of anilines is 2. The van der Waals surface area contributed by atoms with E-state index in [1.165, 1.54) is 12.1 Å². The minimum Gasteiger partial charge on any atom is -0.371 e. The molecule has 1 aromatic heterocycles. The van der Waals surface area contributed by atoms with Gasteiger partial charge >= 0.3 is 6.18 Å². The van der Waals surface area contributed by atoms with Crippen molar-refractivity contribution in [1.29, 1.82) is 0 Å². The highest BCUT2D eigenvalue weighted by atomic mass is 32.2. The summed E-state index contributed by atoms with van der Waals surface area (Å²) in [4.78, 5) is 20.1. The van der Waals surface area contributed by atoms with Crippen molar-refractivity contribution < 1.29 is 30.8 Å².